The zero-order chi connectivity index (χ0) is 24.4. The first-order chi connectivity index (χ1) is 17.0. The standard InChI is InChI=1S/C25H26FN5O3S/c1-34-16-2-3-20-18(12-16)17(19(26)13-27-20)8-11-31-9-6-15(7-10-31)28-25(33)21-4-5-22-24(29-21)30-23(32)14-35-22/h2-5,12-13,15H,6-11,14H2,1H3,(H,28,33)(H,29,30,32). The topological polar surface area (TPSA) is 96.4 Å². The maximum absolute atomic E-state index is 14.6. The third kappa shape index (κ3) is 5.23. The van der Waals surface area contributed by atoms with Gasteiger partial charge in [0.1, 0.15) is 23.1 Å². The molecule has 182 valence electrons. The number of nitrogens with one attached hydrogen (secondary N) is 2. The van der Waals surface area contributed by atoms with Crippen LogP contribution in [-0.4, -0.2) is 65.2 Å². The maximum atomic E-state index is 14.6. The second-order valence-corrected chi connectivity index (χ2v) is 9.70. The average molecular weight is 496 g/mol. The lowest BCUT2D eigenvalue weighted by Gasteiger charge is -2.32. The Bertz CT molecular complexity index is 1280. The summed E-state index contributed by atoms with van der Waals surface area (Å²) in [5, 5.41) is 6.56. The highest BCUT2D eigenvalue weighted by Crippen LogP contribution is 2.30. The SMILES string of the molecule is COc1ccc2ncc(F)c(CCN3CCC(NC(=O)c4ccc5c(n4)NC(=O)CS5)CC3)c2c1. The van der Waals surface area contributed by atoms with Crippen LogP contribution in [0.3, 0.4) is 0 Å². The smallest absolute Gasteiger partial charge is 0.270 e. The van der Waals surface area contributed by atoms with Crippen molar-refractivity contribution >= 4 is 40.3 Å². The van der Waals surface area contributed by atoms with E-state index in [9.17, 15) is 14.0 Å². The van der Waals surface area contributed by atoms with Gasteiger partial charge in [0.25, 0.3) is 5.91 Å². The summed E-state index contributed by atoms with van der Waals surface area (Å²) in [6.07, 6.45) is 3.45. The van der Waals surface area contributed by atoms with Crippen molar-refractivity contribution in [1.82, 2.24) is 20.2 Å². The lowest BCUT2D eigenvalue weighted by atomic mass is 10.0. The summed E-state index contributed by atoms with van der Waals surface area (Å²) < 4.78 is 19.9. The lowest BCUT2D eigenvalue weighted by Crippen LogP contribution is -2.45. The number of nitrogens with zero attached hydrogens (tertiary/aromatic N) is 3. The number of hydrogen-bond donors (Lipinski definition) is 2. The number of thioether (sulfide) groups is 1. The molecule has 3 aromatic rings. The number of piperidine rings is 1. The van der Waals surface area contributed by atoms with Crippen molar-refractivity contribution in [2.75, 3.05) is 37.8 Å². The van der Waals surface area contributed by atoms with Crippen molar-refractivity contribution in [2.45, 2.75) is 30.2 Å². The van der Waals surface area contributed by atoms with Crippen molar-refractivity contribution in [1.29, 1.82) is 0 Å². The van der Waals surface area contributed by atoms with Crippen molar-refractivity contribution in [2.24, 2.45) is 0 Å². The van der Waals surface area contributed by atoms with Gasteiger partial charge in [0.2, 0.25) is 5.91 Å². The number of ether oxygens (including phenoxy) is 1. The predicted octanol–water partition coefficient (Wildman–Crippen LogP) is 3.26. The third-order valence-electron chi connectivity index (χ3n) is 6.44. The number of rotatable bonds is 6. The van der Waals surface area contributed by atoms with E-state index in [2.05, 4.69) is 25.5 Å². The Balaban J connectivity index is 1.16. The van der Waals surface area contributed by atoms with E-state index in [1.54, 1.807) is 13.2 Å². The molecule has 8 nitrogen and oxygen atoms in total. The molecule has 35 heavy (non-hydrogen) atoms. The van der Waals surface area contributed by atoms with Gasteiger partial charge in [-0.15, -0.1) is 11.8 Å². The first-order valence-electron chi connectivity index (χ1n) is 11.6. The van der Waals surface area contributed by atoms with Gasteiger partial charge >= 0.3 is 0 Å². The molecule has 0 atom stereocenters. The fourth-order valence-corrected chi connectivity index (χ4v) is 5.26. The average Bonchev–Trinajstić information content (AvgIpc) is 2.88. The number of carbonyl (C=O) groups is 2. The number of methoxy groups -OCH3 is 1. The van der Waals surface area contributed by atoms with Crippen LogP contribution in [0.1, 0.15) is 28.9 Å². The normalized spacial score (nSPS) is 16.6. The highest BCUT2D eigenvalue weighted by molar-refractivity contribution is 8.00. The van der Waals surface area contributed by atoms with Crippen LogP contribution >= 0.6 is 11.8 Å². The van der Waals surface area contributed by atoms with Gasteiger partial charge in [-0.2, -0.15) is 0 Å². The minimum Gasteiger partial charge on any atom is -0.497 e. The minimum atomic E-state index is -0.306. The van der Waals surface area contributed by atoms with E-state index >= 15 is 0 Å². The molecule has 0 saturated carbocycles. The zero-order valence-corrected chi connectivity index (χ0v) is 20.2. The molecule has 1 fully saturated rings. The van der Waals surface area contributed by atoms with E-state index in [-0.39, 0.29) is 23.7 Å². The van der Waals surface area contributed by atoms with Gasteiger partial charge in [0, 0.05) is 36.6 Å². The lowest BCUT2D eigenvalue weighted by molar-refractivity contribution is -0.113. The summed E-state index contributed by atoms with van der Waals surface area (Å²) in [5.41, 5.74) is 1.69. The molecular weight excluding hydrogens is 469 g/mol. The van der Waals surface area contributed by atoms with E-state index in [4.69, 9.17) is 4.74 Å². The van der Waals surface area contributed by atoms with Crippen molar-refractivity contribution < 1.29 is 18.7 Å². The molecular formula is C25H26FN5O3S. The van der Waals surface area contributed by atoms with Crippen LogP contribution in [0.25, 0.3) is 10.9 Å². The van der Waals surface area contributed by atoms with Crippen LogP contribution in [0.15, 0.2) is 41.4 Å². The number of anilines is 1. The number of halogens is 1. The quantitative estimate of drug-likeness (QED) is 0.542. The van der Waals surface area contributed by atoms with Crippen LogP contribution in [0.2, 0.25) is 0 Å². The Kier molecular flexibility index (Phi) is 6.83. The van der Waals surface area contributed by atoms with Gasteiger partial charge in [-0.3, -0.25) is 14.6 Å². The second kappa shape index (κ2) is 10.2. The second-order valence-electron chi connectivity index (χ2n) is 8.69. The summed E-state index contributed by atoms with van der Waals surface area (Å²) in [7, 11) is 1.59. The monoisotopic (exact) mass is 495 g/mol. The number of likely N-dealkylation sites (tertiary alicyclic amines) is 1. The highest BCUT2D eigenvalue weighted by atomic mass is 32.2. The Morgan fingerprint density at radius 1 is 1.29 bits per heavy atom. The summed E-state index contributed by atoms with van der Waals surface area (Å²) in [6.45, 7) is 2.34. The van der Waals surface area contributed by atoms with Crippen molar-refractivity contribution in [3.63, 3.8) is 0 Å². The Morgan fingerprint density at radius 2 is 2.11 bits per heavy atom. The first-order valence-corrected chi connectivity index (χ1v) is 12.6. The van der Waals surface area contributed by atoms with Crippen molar-refractivity contribution in [3.05, 3.63) is 53.6 Å². The van der Waals surface area contributed by atoms with Crippen LogP contribution < -0.4 is 15.4 Å². The number of hydrogen-bond acceptors (Lipinski definition) is 7. The largest absolute Gasteiger partial charge is 0.497 e. The number of pyridine rings is 2. The number of aromatic nitrogens is 2. The molecule has 2 amide bonds. The molecule has 0 bridgehead atoms. The first kappa shape index (κ1) is 23.5. The van der Waals surface area contributed by atoms with Gasteiger partial charge in [-0.05, 0) is 49.6 Å². The molecule has 0 radical (unpaired) electrons. The molecule has 2 aliphatic heterocycles. The third-order valence-corrected chi connectivity index (χ3v) is 7.49. The Labute approximate surface area is 206 Å². The van der Waals surface area contributed by atoms with Crippen LogP contribution in [0, 0.1) is 5.82 Å². The van der Waals surface area contributed by atoms with Crippen molar-refractivity contribution in [3.8, 4) is 5.75 Å². The summed E-state index contributed by atoms with van der Waals surface area (Å²) in [4.78, 5) is 36.0. The Hall–Kier alpha value is -3.24. The molecule has 5 rings (SSSR count). The Morgan fingerprint density at radius 3 is 2.91 bits per heavy atom. The molecule has 1 aromatic carbocycles. The summed E-state index contributed by atoms with van der Waals surface area (Å²) in [6, 6.07) is 9.06. The maximum Gasteiger partial charge on any atom is 0.270 e. The van der Waals surface area contributed by atoms with E-state index in [0.29, 0.717) is 35.0 Å². The molecule has 0 aliphatic carbocycles. The molecule has 1 saturated heterocycles. The van der Waals surface area contributed by atoms with E-state index in [1.165, 1.54) is 18.0 Å². The van der Waals surface area contributed by atoms with E-state index in [1.807, 2.05) is 24.3 Å². The molecule has 4 heterocycles. The van der Waals surface area contributed by atoms with Crippen LogP contribution in [0.4, 0.5) is 10.2 Å². The van der Waals surface area contributed by atoms with Gasteiger partial charge in [-0.25, -0.2) is 9.37 Å². The highest BCUT2D eigenvalue weighted by Gasteiger charge is 2.24. The van der Waals surface area contributed by atoms with E-state index in [0.717, 1.165) is 48.3 Å². The van der Waals surface area contributed by atoms with Crippen LogP contribution in [-0.2, 0) is 11.2 Å². The molecule has 0 spiro atoms. The van der Waals surface area contributed by atoms with Crippen LogP contribution in [0.5, 0.6) is 5.75 Å². The number of fused-ring (bicyclic) bond motifs is 2. The van der Waals surface area contributed by atoms with Gasteiger partial charge in [-0.1, -0.05) is 0 Å². The molecule has 0 unspecified atom stereocenters. The van der Waals surface area contributed by atoms with Gasteiger partial charge < -0.3 is 20.3 Å². The van der Waals surface area contributed by atoms with Gasteiger partial charge in [0.05, 0.1) is 29.5 Å². The number of benzene rings is 1. The van der Waals surface area contributed by atoms with Gasteiger partial charge in [0.15, 0.2) is 0 Å². The zero-order valence-electron chi connectivity index (χ0n) is 19.3. The fourth-order valence-electron chi connectivity index (χ4n) is 4.50. The minimum absolute atomic E-state index is 0.0447. The molecule has 10 heteroatoms. The fraction of sp³-hybridized carbons (Fsp3) is 0.360. The summed E-state index contributed by atoms with van der Waals surface area (Å²) >= 11 is 1.41. The molecule has 2 N–H and O–H groups in total. The summed E-state index contributed by atoms with van der Waals surface area (Å²) in [5.74, 6) is 0.824. The molecule has 2 aliphatic rings. The van der Waals surface area contributed by atoms with E-state index < -0.39 is 0 Å². The molecule has 2 aromatic heterocycles. The number of amides is 2. The predicted molar refractivity (Wildman–Crippen MR) is 132 cm³/mol. The number of carbonyl (C=O) groups excluding carboxylic acids is 2.